The molecule has 1 unspecified atom stereocenters. The van der Waals surface area contributed by atoms with Gasteiger partial charge in [0.1, 0.15) is 0 Å². The molecule has 0 radical (unpaired) electrons. The smallest absolute Gasteiger partial charge is 0.163 e. The standard InChI is InChI=1S/C15H24O/c1-6-7-8-13(16)14-12(3)11(2)9-10-15(14,4)5/h7-8,14H,6,9-10H2,1-5H3/b8-7+. The second-order valence-corrected chi connectivity index (χ2v) is 5.60. The first-order valence-electron chi connectivity index (χ1n) is 6.26. The second-order valence-electron chi connectivity index (χ2n) is 5.60. The zero-order chi connectivity index (χ0) is 12.3. The molecule has 0 aromatic carbocycles. The number of ketones is 1. The van der Waals surface area contributed by atoms with E-state index in [2.05, 4.69) is 34.6 Å². The van der Waals surface area contributed by atoms with E-state index in [1.807, 2.05) is 6.08 Å². The summed E-state index contributed by atoms with van der Waals surface area (Å²) in [5, 5.41) is 0. The van der Waals surface area contributed by atoms with Gasteiger partial charge in [-0.1, -0.05) is 38.0 Å². The molecule has 0 aliphatic heterocycles. The van der Waals surface area contributed by atoms with E-state index < -0.39 is 0 Å². The van der Waals surface area contributed by atoms with Crippen LogP contribution in [0.5, 0.6) is 0 Å². The van der Waals surface area contributed by atoms with Gasteiger partial charge in [-0.05, 0) is 44.6 Å². The summed E-state index contributed by atoms with van der Waals surface area (Å²) in [7, 11) is 0. The van der Waals surface area contributed by atoms with Gasteiger partial charge in [0.15, 0.2) is 5.78 Å². The molecule has 0 fully saturated rings. The molecule has 1 nitrogen and oxygen atoms in total. The average molecular weight is 220 g/mol. The molecule has 0 spiro atoms. The number of hydrogen-bond acceptors (Lipinski definition) is 1. The predicted molar refractivity (Wildman–Crippen MR) is 69.3 cm³/mol. The van der Waals surface area contributed by atoms with Crippen LogP contribution in [0.25, 0.3) is 0 Å². The highest BCUT2D eigenvalue weighted by Crippen LogP contribution is 2.44. The summed E-state index contributed by atoms with van der Waals surface area (Å²) >= 11 is 0. The molecular formula is C15H24O. The van der Waals surface area contributed by atoms with Crippen LogP contribution in [0.15, 0.2) is 23.3 Å². The maximum atomic E-state index is 12.2. The highest BCUT2D eigenvalue weighted by molar-refractivity contribution is 5.94. The third-order valence-corrected chi connectivity index (χ3v) is 3.83. The topological polar surface area (TPSA) is 17.1 Å². The van der Waals surface area contributed by atoms with Gasteiger partial charge in [-0.15, -0.1) is 0 Å². The summed E-state index contributed by atoms with van der Waals surface area (Å²) in [6.45, 7) is 10.8. The van der Waals surface area contributed by atoms with E-state index in [9.17, 15) is 4.79 Å². The van der Waals surface area contributed by atoms with Crippen molar-refractivity contribution >= 4 is 5.78 Å². The van der Waals surface area contributed by atoms with Gasteiger partial charge in [0, 0.05) is 5.92 Å². The number of carbonyl (C=O) groups is 1. The molecule has 0 N–H and O–H groups in total. The second kappa shape index (κ2) is 4.99. The number of hydrogen-bond donors (Lipinski definition) is 0. The molecule has 1 heteroatoms. The van der Waals surface area contributed by atoms with Gasteiger partial charge in [-0.25, -0.2) is 0 Å². The van der Waals surface area contributed by atoms with Crippen LogP contribution in [-0.4, -0.2) is 5.78 Å². The fraction of sp³-hybridized carbons (Fsp3) is 0.667. The van der Waals surface area contributed by atoms with Gasteiger partial charge in [0.2, 0.25) is 0 Å². The van der Waals surface area contributed by atoms with Gasteiger partial charge < -0.3 is 0 Å². The molecule has 0 saturated heterocycles. The number of rotatable bonds is 3. The Morgan fingerprint density at radius 2 is 2.06 bits per heavy atom. The molecule has 0 aromatic rings. The van der Waals surface area contributed by atoms with Crippen LogP contribution in [0.4, 0.5) is 0 Å². The number of allylic oxidation sites excluding steroid dienone is 4. The van der Waals surface area contributed by atoms with Crippen LogP contribution in [0.2, 0.25) is 0 Å². The Labute approximate surface area is 99.6 Å². The minimum absolute atomic E-state index is 0.0871. The van der Waals surface area contributed by atoms with E-state index in [-0.39, 0.29) is 17.1 Å². The number of carbonyl (C=O) groups excluding carboxylic acids is 1. The van der Waals surface area contributed by atoms with E-state index in [0.29, 0.717) is 0 Å². The molecule has 0 amide bonds. The molecule has 1 atom stereocenters. The van der Waals surface area contributed by atoms with E-state index in [0.717, 1.165) is 19.3 Å². The Bertz CT molecular complexity index is 331. The van der Waals surface area contributed by atoms with Crippen LogP contribution in [0, 0.1) is 11.3 Å². The zero-order valence-electron chi connectivity index (χ0n) is 11.3. The lowest BCUT2D eigenvalue weighted by Crippen LogP contribution is -2.34. The first kappa shape index (κ1) is 13.2. The van der Waals surface area contributed by atoms with E-state index >= 15 is 0 Å². The van der Waals surface area contributed by atoms with Gasteiger partial charge in [0.05, 0.1) is 0 Å². The van der Waals surface area contributed by atoms with Crippen molar-refractivity contribution < 1.29 is 4.79 Å². The fourth-order valence-corrected chi connectivity index (χ4v) is 2.61. The molecular weight excluding hydrogens is 196 g/mol. The Balaban J connectivity index is 3.01. The van der Waals surface area contributed by atoms with Gasteiger partial charge in [0.25, 0.3) is 0 Å². The Morgan fingerprint density at radius 1 is 1.44 bits per heavy atom. The van der Waals surface area contributed by atoms with E-state index in [1.165, 1.54) is 11.1 Å². The Morgan fingerprint density at radius 3 is 2.62 bits per heavy atom. The minimum atomic E-state index is 0.0871. The van der Waals surface area contributed by atoms with Gasteiger partial charge in [-0.2, -0.15) is 0 Å². The first-order chi connectivity index (χ1) is 7.40. The largest absolute Gasteiger partial charge is 0.294 e. The molecule has 0 bridgehead atoms. The van der Waals surface area contributed by atoms with Crippen molar-refractivity contribution in [1.29, 1.82) is 0 Å². The summed E-state index contributed by atoms with van der Waals surface area (Å²) in [4.78, 5) is 12.2. The van der Waals surface area contributed by atoms with Crippen molar-refractivity contribution in [1.82, 2.24) is 0 Å². The van der Waals surface area contributed by atoms with Gasteiger partial charge >= 0.3 is 0 Å². The van der Waals surface area contributed by atoms with Crippen LogP contribution in [0.1, 0.15) is 53.9 Å². The fourth-order valence-electron chi connectivity index (χ4n) is 2.61. The van der Waals surface area contributed by atoms with Crippen LogP contribution >= 0.6 is 0 Å². The van der Waals surface area contributed by atoms with Crippen molar-refractivity contribution in [2.45, 2.75) is 53.9 Å². The lowest BCUT2D eigenvalue weighted by Gasteiger charge is -2.38. The normalized spacial score (nSPS) is 25.2. The third-order valence-electron chi connectivity index (χ3n) is 3.83. The van der Waals surface area contributed by atoms with Crippen molar-refractivity contribution in [3.63, 3.8) is 0 Å². The Kier molecular flexibility index (Phi) is 4.12. The summed E-state index contributed by atoms with van der Waals surface area (Å²) in [6.07, 6.45) is 6.93. The van der Waals surface area contributed by atoms with Crippen LogP contribution in [0.3, 0.4) is 0 Å². The van der Waals surface area contributed by atoms with Gasteiger partial charge in [-0.3, -0.25) is 4.79 Å². The highest BCUT2D eigenvalue weighted by Gasteiger charge is 2.38. The predicted octanol–water partition coefficient (Wildman–Crippen LogP) is 4.29. The molecule has 16 heavy (non-hydrogen) atoms. The molecule has 0 aromatic heterocycles. The van der Waals surface area contributed by atoms with Crippen molar-refractivity contribution in [2.75, 3.05) is 0 Å². The summed E-state index contributed by atoms with van der Waals surface area (Å²) < 4.78 is 0. The summed E-state index contributed by atoms with van der Waals surface area (Å²) in [6, 6.07) is 0. The van der Waals surface area contributed by atoms with Crippen molar-refractivity contribution in [2.24, 2.45) is 11.3 Å². The molecule has 1 aliphatic carbocycles. The lowest BCUT2D eigenvalue weighted by atomic mass is 9.65. The van der Waals surface area contributed by atoms with E-state index in [4.69, 9.17) is 0 Å². The zero-order valence-corrected chi connectivity index (χ0v) is 11.3. The summed E-state index contributed by atoms with van der Waals surface area (Å²) in [5.41, 5.74) is 2.81. The molecule has 0 saturated carbocycles. The lowest BCUT2D eigenvalue weighted by molar-refractivity contribution is -0.120. The maximum Gasteiger partial charge on any atom is 0.163 e. The quantitative estimate of drug-likeness (QED) is 0.512. The first-order valence-corrected chi connectivity index (χ1v) is 6.26. The summed E-state index contributed by atoms with van der Waals surface area (Å²) in [5.74, 6) is 0.368. The highest BCUT2D eigenvalue weighted by atomic mass is 16.1. The van der Waals surface area contributed by atoms with Crippen molar-refractivity contribution in [3.8, 4) is 0 Å². The Hall–Kier alpha value is -0.850. The molecule has 1 aliphatic rings. The van der Waals surface area contributed by atoms with E-state index in [1.54, 1.807) is 6.08 Å². The maximum absolute atomic E-state index is 12.2. The van der Waals surface area contributed by atoms with Crippen LogP contribution < -0.4 is 0 Å². The average Bonchev–Trinajstić information content (AvgIpc) is 2.21. The molecule has 90 valence electrons. The minimum Gasteiger partial charge on any atom is -0.294 e. The SMILES string of the molecule is CC/C=C/C(=O)C1C(C)=C(C)CCC1(C)C. The monoisotopic (exact) mass is 220 g/mol. The third kappa shape index (κ3) is 2.63. The van der Waals surface area contributed by atoms with Crippen LogP contribution in [-0.2, 0) is 4.79 Å². The van der Waals surface area contributed by atoms with Crippen molar-refractivity contribution in [3.05, 3.63) is 23.3 Å². The molecule has 1 rings (SSSR count). The molecule has 0 heterocycles.